The molecule has 1 aliphatic rings. The van der Waals surface area contributed by atoms with Crippen LogP contribution < -0.4 is 11.4 Å². The van der Waals surface area contributed by atoms with Crippen LogP contribution >= 0.6 is 15.6 Å². The number of nitrogens with zero attached hydrogens (tertiary/aromatic N) is 2. The van der Waals surface area contributed by atoms with Gasteiger partial charge in [0.2, 0.25) is 0 Å². The van der Waals surface area contributed by atoms with Crippen molar-refractivity contribution in [2.24, 2.45) is 5.92 Å². The maximum atomic E-state index is 12.9. The SMILES string of the molecule is CCCCCC(=O)/C=C/C=C\CCCCCCCC(=O)O[C@H](COC(=O)CCCCCCCCCCCCCCCCCCCCC(C)CC)COP(=O)(O)OP(=O)(O)OC[C@H]1O[C@@H](n2ccc(N)nc2=O)[C@H](O)[C@@H]1O. The predicted octanol–water partition coefficient (Wildman–Crippen LogP) is 12.0. The minimum atomic E-state index is -5.44. The van der Waals surface area contributed by atoms with E-state index in [4.69, 9.17) is 29.0 Å². The Labute approximate surface area is 453 Å². The number of aliphatic hydroxyl groups is 2. The van der Waals surface area contributed by atoms with Crippen LogP contribution in [-0.4, -0.2) is 91.5 Å². The lowest BCUT2D eigenvalue weighted by atomic mass is 9.99. The van der Waals surface area contributed by atoms with Crippen molar-refractivity contribution >= 4 is 39.2 Å². The van der Waals surface area contributed by atoms with E-state index in [1.807, 2.05) is 12.2 Å². The average Bonchev–Trinajstić information content (AvgIpc) is 3.65. The van der Waals surface area contributed by atoms with Crippen molar-refractivity contribution in [1.82, 2.24) is 9.55 Å². The standard InChI is InChI=1S/C55H97N3O16P2/c1-4-6-30-36-46(59)37-32-27-23-19-17-21-25-29-34-39-51(61)72-47(42-69-50(60)38-33-28-24-20-16-14-12-10-8-7-9-11-13-15-18-22-26-31-35-45(3)5-2)43-70-75(65,66)74-76(67,68)71-44-48-52(62)53(63)54(73-48)58-41-40-49(56)57-55(58)64/h23,27,32,37,40-41,45,47-48,52-54,62-63H,4-22,24-26,28-31,33-36,38-39,42-44H2,1-3H3,(H,65,66)(H,67,68)(H2,56,57,64)/b27-23-,37-32+/t45?,47-,48-,52-,53-,54-/m1/s1. The molecule has 0 spiro atoms. The number of aliphatic hydroxyl groups excluding tert-OH is 2. The van der Waals surface area contributed by atoms with E-state index in [1.54, 1.807) is 12.2 Å². The molecule has 2 heterocycles. The van der Waals surface area contributed by atoms with Gasteiger partial charge in [0.1, 0.15) is 30.7 Å². The number of aromatic nitrogens is 2. The van der Waals surface area contributed by atoms with E-state index in [1.165, 1.54) is 102 Å². The number of hydrogen-bond donors (Lipinski definition) is 5. The molecule has 0 aromatic carbocycles. The lowest BCUT2D eigenvalue weighted by Crippen LogP contribution is -2.36. The molecule has 76 heavy (non-hydrogen) atoms. The van der Waals surface area contributed by atoms with Crippen LogP contribution in [-0.2, 0) is 51.1 Å². The second-order valence-corrected chi connectivity index (χ2v) is 23.5. The Balaban J connectivity index is 1.75. The fraction of sp³-hybridized carbons (Fsp3) is 0.800. The summed E-state index contributed by atoms with van der Waals surface area (Å²) in [7, 11) is -10.9. The third-order valence-electron chi connectivity index (χ3n) is 13.6. The summed E-state index contributed by atoms with van der Waals surface area (Å²) in [5, 5.41) is 20.9. The Bertz CT molecular complexity index is 1950. The van der Waals surface area contributed by atoms with Crippen molar-refractivity contribution < 1.29 is 71.1 Å². The van der Waals surface area contributed by atoms with Crippen LogP contribution in [0, 0.1) is 5.92 Å². The predicted molar refractivity (Wildman–Crippen MR) is 294 cm³/mol. The summed E-state index contributed by atoms with van der Waals surface area (Å²) in [5.41, 5.74) is 4.59. The number of ether oxygens (including phenoxy) is 3. The van der Waals surface area contributed by atoms with Crippen molar-refractivity contribution in [3.63, 3.8) is 0 Å². The van der Waals surface area contributed by atoms with Crippen LogP contribution in [0.5, 0.6) is 0 Å². The van der Waals surface area contributed by atoms with Crippen LogP contribution in [0.1, 0.15) is 232 Å². The van der Waals surface area contributed by atoms with Gasteiger partial charge in [0.25, 0.3) is 0 Å². The lowest BCUT2D eigenvalue weighted by molar-refractivity contribution is -0.161. The van der Waals surface area contributed by atoms with E-state index in [2.05, 4.69) is 30.1 Å². The summed E-state index contributed by atoms with van der Waals surface area (Å²) < 4.78 is 56.9. The number of allylic oxidation sites excluding steroid dienone is 4. The van der Waals surface area contributed by atoms with Crippen LogP contribution in [0.25, 0.3) is 0 Å². The van der Waals surface area contributed by atoms with Crippen LogP contribution in [0.15, 0.2) is 41.4 Å². The van der Waals surface area contributed by atoms with Crippen molar-refractivity contribution in [2.45, 2.75) is 257 Å². The molecule has 21 heteroatoms. The highest BCUT2D eigenvalue weighted by atomic mass is 31.3. The summed E-state index contributed by atoms with van der Waals surface area (Å²) in [6.45, 7) is 4.38. The van der Waals surface area contributed by atoms with Gasteiger partial charge in [-0.25, -0.2) is 13.9 Å². The number of phosphoric acid groups is 2. The van der Waals surface area contributed by atoms with Gasteiger partial charge in [0.15, 0.2) is 18.1 Å². The van der Waals surface area contributed by atoms with Crippen LogP contribution in [0.4, 0.5) is 5.82 Å². The summed E-state index contributed by atoms with van der Waals surface area (Å²) in [6, 6.07) is 1.24. The maximum Gasteiger partial charge on any atom is 0.481 e. The first-order chi connectivity index (χ1) is 36.5. The van der Waals surface area contributed by atoms with E-state index in [0.717, 1.165) is 93.7 Å². The minimum Gasteiger partial charge on any atom is -0.462 e. The molecule has 0 saturated carbocycles. The van der Waals surface area contributed by atoms with Crippen molar-refractivity contribution in [3.05, 3.63) is 47.1 Å². The van der Waals surface area contributed by atoms with Crippen LogP contribution in [0.3, 0.4) is 0 Å². The largest absolute Gasteiger partial charge is 0.481 e. The number of anilines is 1. The van der Waals surface area contributed by atoms with Gasteiger partial charge in [-0.1, -0.05) is 193 Å². The van der Waals surface area contributed by atoms with Gasteiger partial charge in [-0.3, -0.25) is 28.0 Å². The van der Waals surface area contributed by atoms with Gasteiger partial charge in [-0.2, -0.15) is 9.29 Å². The quantitative estimate of drug-likeness (QED) is 0.0133. The highest BCUT2D eigenvalue weighted by Crippen LogP contribution is 2.60. The van der Waals surface area contributed by atoms with Gasteiger partial charge < -0.3 is 39.9 Å². The highest BCUT2D eigenvalue weighted by molar-refractivity contribution is 7.61. The topological polar surface area (TPSA) is 283 Å². The number of carbonyl (C=O) groups excluding carboxylic acids is 3. The molecule has 0 bridgehead atoms. The number of esters is 2. The Morgan fingerprint density at radius 1 is 0.711 bits per heavy atom. The third-order valence-corrected chi connectivity index (χ3v) is 16.2. The summed E-state index contributed by atoms with van der Waals surface area (Å²) >= 11 is 0. The zero-order valence-electron chi connectivity index (χ0n) is 46.2. The number of nitrogens with two attached hydrogens (primary N) is 1. The molecule has 19 nitrogen and oxygen atoms in total. The number of ketones is 1. The maximum absolute atomic E-state index is 12.9. The Morgan fingerprint density at radius 2 is 1.24 bits per heavy atom. The van der Waals surface area contributed by atoms with Crippen molar-refractivity contribution in [3.8, 4) is 0 Å². The molecular weight excluding hydrogens is 1020 g/mol. The average molecular weight is 1120 g/mol. The summed E-state index contributed by atoms with van der Waals surface area (Å²) in [6.07, 6.45) is 33.7. The van der Waals surface area contributed by atoms with Gasteiger partial charge in [0.05, 0.1) is 13.2 Å². The van der Waals surface area contributed by atoms with E-state index < -0.39 is 83.7 Å². The first-order valence-corrected chi connectivity index (χ1v) is 31.7. The molecular formula is C55H97N3O16P2. The Kier molecular flexibility index (Phi) is 38.0. The number of phosphoric ester groups is 2. The molecule has 438 valence electrons. The molecule has 2 rings (SSSR count). The summed E-state index contributed by atoms with van der Waals surface area (Å²) in [5.74, 6) is -0.352. The third kappa shape index (κ3) is 34.0. The molecule has 0 amide bonds. The van der Waals surface area contributed by atoms with Gasteiger partial charge in [-0.05, 0) is 50.2 Å². The number of nitrogen functional groups attached to an aromatic ring is 1. The number of carbonyl (C=O) groups is 3. The zero-order chi connectivity index (χ0) is 55.9. The molecule has 6 N–H and O–H groups in total. The van der Waals surface area contributed by atoms with Gasteiger partial charge in [-0.15, -0.1) is 0 Å². The molecule has 0 aliphatic carbocycles. The van der Waals surface area contributed by atoms with Gasteiger partial charge in [0, 0.05) is 25.5 Å². The monoisotopic (exact) mass is 1120 g/mol. The fourth-order valence-electron chi connectivity index (χ4n) is 8.68. The second-order valence-electron chi connectivity index (χ2n) is 20.4. The number of unbranched alkanes of at least 4 members (excludes halogenated alkanes) is 24. The molecule has 0 radical (unpaired) electrons. The first-order valence-electron chi connectivity index (χ1n) is 28.7. The van der Waals surface area contributed by atoms with Crippen LogP contribution in [0.2, 0.25) is 0 Å². The lowest BCUT2D eigenvalue weighted by Gasteiger charge is -2.21. The molecule has 1 fully saturated rings. The van der Waals surface area contributed by atoms with Crippen molar-refractivity contribution in [1.29, 1.82) is 0 Å². The van der Waals surface area contributed by atoms with E-state index in [9.17, 15) is 48.3 Å². The number of rotatable bonds is 48. The van der Waals surface area contributed by atoms with E-state index >= 15 is 0 Å². The van der Waals surface area contributed by atoms with Gasteiger partial charge >= 0.3 is 33.3 Å². The normalized spacial score (nSPS) is 19.2. The first kappa shape index (κ1) is 69.0. The number of hydrogen-bond acceptors (Lipinski definition) is 16. The molecule has 1 aromatic heterocycles. The Hall–Kier alpha value is -3.09. The van der Waals surface area contributed by atoms with Crippen molar-refractivity contribution in [2.75, 3.05) is 25.6 Å². The molecule has 8 atom stereocenters. The Morgan fingerprint density at radius 3 is 1.80 bits per heavy atom. The highest BCUT2D eigenvalue weighted by Gasteiger charge is 2.46. The minimum absolute atomic E-state index is 0.00156. The molecule has 1 aromatic rings. The smallest absolute Gasteiger partial charge is 0.462 e. The summed E-state index contributed by atoms with van der Waals surface area (Å²) in [4.78, 5) is 73.9. The molecule has 3 unspecified atom stereocenters. The fourth-order valence-corrected chi connectivity index (χ4v) is 10.8. The molecule has 1 aliphatic heterocycles. The molecule has 1 saturated heterocycles. The van der Waals surface area contributed by atoms with E-state index in [0.29, 0.717) is 19.3 Å². The zero-order valence-corrected chi connectivity index (χ0v) is 48.0. The second kappa shape index (κ2) is 41.9. The van der Waals surface area contributed by atoms with E-state index in [-0.39, 0.29) is 24.4 Å².